The molecule has 0 aromatic rings. The van der Waals surface area contributed by atoms with Gasteiger partial charge in [-0.1, -0.05) is 12.8 Å². The smallest absolute Gasteiger partial charge is 0.249 e. The van der Waals surface area contributed by atoms with Crippen molar-refractivity contribution in [3.63, 3.8) is 0 Å². The first-order valence-corrected chi connectivity index (χ1v) is 6.43. The number of hydrogen-bond acceptors (Lipinski definition) is 3. The lowest BCUT2D eigenvalue weighted by Crippen LogP contribution is -2.48. The van der Waals surface area contributed by atoms with Gasteiger partial charge in [0.2, 0.25) is 5.91 Å². The van der Waals surface area contributed by atoms with Gasteiger partial charge in [-0.3, -0.25) is 4.79 Å². The molecule has 1 saturated carbocycles. The number of ether oxygens (including phenoxy) is 1. The molecule has 1 heterocycles. The largest absolute Gasteiger partial charge is 0.368 e. The summed E-state index contributed by atoms with van der Waals surface area (Å²) in [7, 11) is 0. The van der Waals surface area contributed by atoms with Crippen LogP contribution in [0.4, 0.5) is 0 Å². The van der Waals surface area contributed by atoms with Crippen LogP contribution >= 0.6 is 0 Å². The Labute approximate surface area is 96.9 Å². The van der Waals surface area contributed by atoms with Crippen molar-refractivity contribution in [1.82, 2.24) is 5.32 Å². The van der Waals surface area contributed by atoms with Gasteiger partial charge in [-0.2, -0.15) is 0 Å². The first-order chi connectivity index (χ1) is 7.81. The van der Waals surface area contributed by atoms with E-state index in [0.29, 0.717) is 12.5 Å². The first kappa shape index (κ1) is 11.9. The molecular weight excluding hydrogens is 204 g/mol. The van der Waals surface area contributed by atoms with Crippen molar-refractivity contribution in [3.05, 3.63) is 0 Å². The number of nitrogens with two attached hydrogens (primary N) is 1. The van der Waals surface area contributed by atoms with Gasteiger partial charge in [-0.25, -0.2) is 0 Å². The van der Waals surface area contributed by atoms with Crippen LogP contribution in [0, 0.1) is 5.92 Å². The first-order valence-electron chi connectivity index (χ1n) is 6.43. The average molecular weight is 226 g/mol. The summed E-state index contributed by atoms with van der Waals surface area (Å²) in [6.07, 6.45) is 6.58. The molecule has 2 aliphatic rings. The van der Waals surface area contributed by atoms with Crippen LogP contribution in [0.2, 0.25) is 0 Å². The average Bonchev–Trinajstić information content (AvgIpc) is 2.96. The fourth-order valence-electron chi connectivity index (χ4n) is 2.79. The van der Waals surface area contributed by atoms with Gasteiger partial charge in [0.05, 0.1) is 0 Å². The quantitative estimate of drug-likeness (QED) is 0.745. The van der Waals surface area contributed by atoms with Crippen LogP contribution in [-0.2, 0) is 9.53 Å². The summed E-state index contributed by atoms with van der Waals surface area (Å²) in [5, 5.41) is 3.06. The van der Waals surface area contributed by atoms with Crippen LogP contribution in [0.1, 0.15) is 38.5 Å². The van der Waals surface area contributed by atoms with E-state index in [1.807, 2.05) is 0 Å². The van der Waals surface area contributed by atoms with E-state index in [4.69, 9.17) is 10.5 Å². The maximum absolute atomic E-state index is 11.9. The summed E-state index contributed by atoms with van der Waals surface area (Å²) < 4.78 is 5.37. The van der Waals surface area contributed by atoms with Crippen molar-refractivity contribution in [2.24, 2.45) is 11.7 Å². The van der Waals surface area contributed by atoms with E-state index < -0.39 is 0 Å². The minimum absolute atomic E-state index is 0.0415. The molecule has 0 radical (unpaired) electrons. The lowest BCUT2D eigenvalue weighted by atomic mass is 9.98. The minimum atomic E-state index is -0.226. The SMILES string of the molecule is NCC(NC(=O)[C@@H]1CCCO1)C1CCCC1. The summed E-state index contributed by atoms with van der Waals surface area (Å²) in [6, 6.07) is 0.152. The Hall–Kier alpha value is -0.610. The van der Waals surface area contributed by atoms with E-state index >= 15 is 0 Å². The van der Waals surface area contributed by atoms with Crippen LogP contribution < -0.4 is 11.1 Å². The van der Waals surface area contributed by atoms with Gasteiger partial charge in [-0.15, -0.1) is 0 Å². The Morgan fingerprint density at radius 3 is 2.62 bits per heavy atom. The number of hydrogen-bond donors (Lipinski definition) is 2. The van der Waals surface area contributed by atoms with Gasteiger partial charge in [0.15, 0.2) is 0 Å². The minimum Gasteiger partial charge on any atom is -0.368 e. The maximum atomic E-state index is 11.9. The van der Waals surface area contributed by atoms with Crippen LogP contribution in [0.25, 0.3) is 0 Å². The number of amides is 1. The highest BCUT2D eigenvalue weighted by Crippen LogP contribution is 2.27. The normalized spacial score (nSPS) is 28.2. The lowest BCUT2D eigenvalue weighted by molar-refractivity contribution is -0.131. The van der Waals surface area contributed by atoms with E-state index in [0.717, 1.165) is 19.4 Å². The molecule has 16 heavy (non-hydrogen) atoms. The predicted octanol–water partition coefficient (Wildman–Crippen LogP) is 0.799. The zero-order valence-corrected chi connectivity index (χ0v) is 9.78. The Bertz CT molecular complexity index is 233. The molecule has 1 saturated heterocycles. The maximum Gasteiger partial charge on any atom is 0.249 e. The third-order valence-corrected chi connectivity index (χ3v) is 3.77. The molecule has 1 aliphatic carbocycles. The van der Waals surface area contributed by atoms with Gasteiger partial charge < -0.3 is 15.8 Å². The molecule has 4 nitrogen and oxygen atoms in total. The highest BCUT2D eigenvalue weighted by molar-refractivity contribution is 5.81. The van der Waals surface area contributed by atoms with Crippen LogP contribution in [0.5, 0.6) is 0 Å². The molecule has 1 unspecified atom stereocenters. The molecule has 92 valence electrons. The number of nitrogens with one attached hydrogen (secondary N) is 1. The van der Waals surface area contributed by atoms with Crippen molar-refractivity contribution >= 4 is 5.91 Å². The summed E-state index contributed by atoms with van der Waals surface area (Å²) in [5.74, 6) is 0.621. The lowest BCUT2D eigenvalue weighted by Gasteiger charge is -2.24. The van der Waals surface area contributed by atoms with Gasteiger partial charge in [-0.05, 0) is 31.6 Å². The molecule has 3 N–H and O–H groups in total. The summed E-state index contributed by atoms with van der Waals surface area (Å²) in [4.78, 5) is 11.9. The Kier molecular flexibility index (Phi) is 4.18. The second-order valence-electron chi connectivity index (χ2n) is 4.90. The topological polar surface area (TPSA) is 64.3 Å². The highest BCUT2D eigenvalue weighted by atomic mass is 16.5. The summed E-state index contributed by atoms with van der Waals surface area (Å²) in [6.45, 7) is 1.26. The van der Waals surface area contributed by atoms with E-state index in [-0.39, 0.29) is 18.1 Å². The molecule has 2 rings (SSSR count). The molecule has 4 heteroatoms. The van der Waals surface area contributed by atoms with Gasteiger partial charge >= 0.3 is 0 Å². The van der Waals surface area contributed by atoms with Gasteiger partial charge in [0, 0.05) is 19.2 Å². The van der Waals surface area contributed by atoms with E-state index in [9.17, 15) is 4.79 Å². The van der Waals surface area contributed by atoms with Gasteiger partial charge in [0.25, 0.3) is 0 Å². The molecule has 0 bridgehead atoms. The van der Waals surface area contributed by atoms with Gasteiger partial charge in [0.1, 0.15) is 6.10 Å². The van der Waals surface area contributed by atoms with E-state index in [1.165, 1.54) is 25.7 Å². The zero-order chi connectivity index (χ0) is 11.4. The van der Waals surface area contributed by atoms with Crippen molar-refractivity contribution in [1.29, 1.82) is 0 Å². The van der Waals surface area contributed by atoms with Crippen LogP contribution in [0.3, 0.4) is 0 Å². The molecule has 1 amide bonds. The number of carbonyl (C=O) groups is 1. The molecule has 0 spiro atoms. The molecule has 2 atom stereocenters. The molecule has 1 aliphatic heterocycles. The fraction of sp³-hybridized carbons (Fsp3) is 0.917. The standard InChI is InChI=1S/C12H22N2O2/c13-8-10(9-4-1-2-5-9)14-12(15)11-6-3-7-16-11/h9-11H,1-8,13H2,(H,14,15)/t10?,11-/m0/s1. The van der Waals surface area contributed by atoms with E-state index in [1.54, 1.807) is 0 Å². The zero-order valence-electron chi connectivity index (χ0n) is 9.78. The Morgan fingerprint density at radius 1 is 1.31 bits per heavy atom. The number of carbonyl (C=O) groups excluding carboxylic acids is 1. The highest BCUT2D eigenvalue weighted by Gasteiger charge is 2.29. The third-order valence-electron chi connectivity index (χ3n) is 3.77. The third kappa shape index (κ3) is 2.74. The molecule has 0 aromatic carbocycles. The molecule has 2 fully saturated rings. The molecular formula is C12H22N2O2. The predicted molar refractivity (Wildman–Crippen MR) is 61.9 cm³/mol. The van der Waals surface area contributed by atoms with Crippen molar-refractivity contribution in [2.75, 3.05) is 13.2 Å². The van der Waals surface area contributed by atoms with Crippen molar-refractivity contribution < 1.29 is 9.53 Å². The number of rotatable bonds is 4. The Balaban J connectivity index is 1.82. The second kappa shape index (κ2) is 5.64. The monoisotopic (exact) mass is 226 g/mol. The van der Waals surface area contributed by atoms with Crippen molar-refractivity contribution in [2.45, 2.75) is 50.7 Å². The Morgan fingerprint density at radius 2 is 2.06 bits per heavy atom. The van der Waals surface area contributed by atoms with Crippen LogP contribution in [0.15, 0.2) is 0 Å². The van der Waals surface area contributed by atoms with Crippen molar-refractivity contribution in [3.8, 4) is 0 Å². The summed E-state index contributed by atoms with van der Waals surface area (Å²) in [5.41, 5.74) is 5.74. The second-order valence-corrected chi connectivity index (χ2v) is 4.90. The van der Waals surface area contributed by atoms with Crippen LogP contribution in [-0.4, -0.2) is 31.2 Å². The molecule has 0 aromatic heterocycles. The summed E-state index contributed by atoms with van der Waals surface area (Å²) >= 11 is 0. The van der Waals surface area contributed by atoms with E-state index in [2.05, 4.69) is 5.32 Å². The fourth-order valence-corrected chi connectivity index (χ4v) is 2.79.